The first kappa shape index (κ1) is 17.4. The minimum atomic E-state index is -0.408. The Morgan fingerprint density at radius 3 is 2.74 bits per heavy atom. The van der Waals surface area contributed by atoms with Crippen molar-refractivity contribution >= 4 is 46.6 Å². The zero-order valence-electron chi connectivity index (χ0n) is 12.6. The summed E-state index contributed by atoms with van der Waals surface area (Å²) < 4.78 is 5.05. The lowest BCUT2D eigenvalue weighted by atomic mass is 10.2. The maximum atomic E-state index is 12.1. The van der Waals surface area contributed by atoms with E-state index >= 15 is 0 Å². The number of furan rings is 1. The molecule has 0 fully saturated rings. The average molecular weight is 353 g/mol. The smallest absolute Gasteiger partial charge is 0.291 e. The maximum absolute atomic E-state index is 12.1. The fraction of sp³-hybridized carbons (Fsp3) is 0.250. The van der Waals surface area contributed by atoms with Crippen LogP contribution in [0.3, 0.4) is 0 Å². The number of benzene rings is 1. The van der Waals surface area contributed by atoms with Crippen molar-refractivity contribution in [3.8, 4) is 0 Å². The van der Waals surface area contributed by atoms with Crippen molar-refractivity contribution in [3.63, 3.8) is 0 Å². The lowest BCUT2D eigenvalue weighted by Gasteiger charge is -2.12. The van der Waals surface area contributed by atoms with Crippen molar-refractivity contribution in [1.82, 2.24) is 0 Å². The van der Waals surface area contributed by atoms with Gasteiger partial charge in [0.25, 0.3) is 5.91 Å². The van der Waals surface area contributed by atoms with Crippen LogP contribution in [0, 0.1) is 0 Å². The summed E-state index contributed by atoms with van der Waals surface area (Å²) in [5.41, 5.74) is 0.927. The molecule has 1 aromatic carbocycles. The van der Waals surface area contributed by atoms with Crippen LogP contribution in [-0.4, -0.2) is 23.3 Å². The summed E-state index contributed by atoms with van der Waals surface area (Å²) in [6.07, 6.45) is 1.83. The van der Waals surface area contributed by atoms with Gasteiger partial charge < -0.3 is 15.1 Å². The molecule has 2 aromatic rings. The number of rotatable bonds is 7. The van der Waals surface area contributed by atoms with Gasteiger partial charge in [-0.2, -0.15) is 11.8 Å². The minimum Gasteiger partial charge on any atom is -0.459 e. The number of thioether (sulfide) groups is 1. The van der Waals surface area contributed by atoms with E-state index in [0.29, 0.717) is 22.8 Å². The summed E-state index contributed by atoms with van der Waals surface area (Å²) in [4.78, 5) is 24.0. The molecule has 122 valence electrons. The highest BCUT2D eigenvalue weighted by atomic mass is 35.5. The molecule has 1 heterocycles. The van der Waals surface area contributed by atoms with Gasteiger partial charge in [0.15, 0.2) is 5.76 Å². The Kier molecular flexibility index (Phi) is 6.55. The van der Waals surface area contributed by atoms with Crippen molar-refractivity contribution in [2.45, 2.75) is 13.3 Å². The van der Waals surface area contributed by atoms with E-state index in [9.17, 15) is 9.59 Å². The second kappa shape index (κ2) is 8.64. The zero-order chi connectivity index (χ0) is 16.7. The predicted octanol–water partition coefficient (Wildman–Crippen LogP) is 4.27. The van der Waals surface area contributed by atoms with E-state index < -0.39 is 5.91 Å². The van der Waals surface area contributed by atoms with Crippen LogP contribution in [0.1, 0.15) is 23.9 Å². The fourth-order valence-corrected chi connectivity index (χ4v) is 2.63. The van der Waals surface area contributed by atoms with Crippen molar-refractivity contribution in [3.05, 3.63) is 47.4 Å². The van der Waals surface area contributed by atoms with Crippen LogP contribution >= 0.6 is 23.4 Å². The molecule has 0 aliphatic heterocycles. The average Bonchev–Trinajstić information content (AvgIpc) is 3.05. The second-order valence-corrected chi connectivity index (χ2v) is 6.45. The summed E-state index contributed by atoms with van der Waals surface area (Å²) in [6, 6.07) is 8.07. The number of carbonyl (C=O) groups is 2. The number of hydrogen-bond donors (Lipinski definition) is 2. The molecule has 0 spiro atoms. The number of anilines is 2. The SMILES string of the molecule is CCSCCC(=O)Nc1ccc(Cl)cc1NC(=O)c1ccco1. The monoisotopic (exact) mass is 352 g/mol. The van der Waals surface area contributed by atoms with Crippen molar-refractivity contribution in [2.24, 2.45) is 0 Å². The number of amides is 2. The minimum absolute atomic E-state index is 0.109. The van der Waals surface area contributed by atoms with E-state index in [-0.39, 0.29) is 11.7 Å². The van der Waals surface area contributed by atoms with Gasteiger partial charge in [0, 0.05) is 17.2 Å². The van der Waals surface area contributed by atoms with Gasteiger partial charge in [0.2, 0.25) is 5.91 Å². The second-order valence-electron chi connectivity index (χ2n) is 4.62. The number of carbonyl (C=O) groups excluding carboxylic acids is 2. The van der Waals surface area contributed by atoms with Gasteiger partial charge in [-0.25, -0.2) is 0 Å². The lowest BCUT2D eigenvalue weighted by Crippen LogP contribution is -2.16. The molecule has 2 amide bonds. The quantitative estimate of drug-likeness (QED) is 0.730. The Morgan fingerprint density at radius 1 is 1.22 bits per heavy atom. The lowest BCUT2D eigenvalue weighted by molar-refractivity contribution is -0.115. The molecule has 1 aromatic heterocycles. The molecule has 0 atom stereocenters. The van der Waals surface area contributed by atoms with Gasteiger partial charge >= 0.3 is 0 Å². The highest BCUT2D eigenvalue weighted by Gasteiger charge is 2.13. The molecule has 2 rings (SSSR count). The molecule has 0 radical (unpaired) electrons. The maximum Gasteiger partial charge on any atom is 0.291 e. The van der Waals surface area contributed by atoms with E-state index in [2.05, 4.69) is 10.6 Å². The van der Waals surface area contributed by atoms with Crippen LogP contribution in [0.2, 0.25) is 5.02 Å². The topological polar surface area (TPSA) is 71.3 Å². The number of hydrogen-bond acceptors (Lipinski definition) is 4. The van der Waals surface area contributed by atoms with E-state index in [1.165, 1.54) is 6.26 Å². The Morgan fingerprint density at radius 2 is 2.04 bits per heavy atom. The summed E-state index contributed by atoms with van der Waals surface area (Å²) in [5.74, 6) is 1.39. The third-order valence-corrected chi connectivity index (χ3v) is 4.06. The van der Waals surface area contributed by atoms with Gasteiger partial charge in [0.05, 0.1) is 17.6 Å². The van der Waals surface area contributed by atoms with E-state index in [4.69, 9.17) is 16.0 Å². The van der Waals surface area contributed by atoms with E-state index in [1.807, 2.05) is 6.92 Å². The van der Waals surface area contributed by atoms with Crippen molar-refractivity contribution in [2.75, 3.05) is 22.1 Å². The van der Waals surface area contributed by atoms with Gasteiger partial charge in [-0.1, -0.05) is 18.5 Å². The first-order valence-corrected chi connectivity index (χ1v) is 8.65. The summed E-state index contributed by atoms with van der Waals surface area (Å²) in [5, 5.41) is 5.94. The summed E-state index contributed by atoms with van der Waals surface area (Å²) in [6.45, 7) is 2.05. The van der Waals surface area contributed by atoms with Gasteiger partial charge in [-0.15, -0.1) is 0 Å². The molecule has 0 aliphatic carbocycles. The van der Waals surface area contributed by atoms with Gasteiger partial charge in [-0.3, -0.25) is 9.59 Å². The molecular formula is C16H17ClN2O3S. The standard InChI is InChI=1S/C16H17ClN2O3S/c1-2-23-9-7-15(20)18-12-6-5-11(17)10-13(12)19-16(21)14-4-3-8-22-14/h3-6,8,10H,2,7,9H2,1H3,(H,18,20)(H,19,21). The molecule has 5 nitrogen and oxygen atoms in total. The molecule has 0 bridgehead atoms. The van der Waals surface area contributed by atoms with Gasteiger partial charge in [0.1, 0.15) is 0 Å². The summed E-state index contributed by atoms with van der Waals surface area (Å²) >= 11 is 7.67. The third kappa shape index (κ3) is 5.33. The highest BCUT2D eigenvalue weighted by molar-refractivity contribution is 7.99. The molecule has 0 saturated heterocycles. The Bertz CT molecular complexity index is 674. The predicted molar refractivity (Wildman–Crippen MR) is 94.4 cm³/mol. The van der Waals surface area contributed by atoms with Crippen LogP contribution in [0.5, 0.6) is 0 Å². The molecule has 0 saturated carbocycles. The number of nitrogens with one attached hydrogen (secondary N) is 2. The van der Waals surface area contributed by atoms with Crippen LogP contribution in [0.15, 0.2) is 41.0 Å². The molecule has 0 aliphatic rings. The fourth-order valence-electron chi connectivity index (χ4n) is 1.84. The van der Waals surface area contributed by atoms with Crippen LogP contribution < -0.4 is 10.6 Å². The highest BCUT2D eigenvalue weighted by Crippen LogP contribution is 2.26. The van der Waals surface area contributed by atoms with Gasteiger partial charge in [-0.05, 0) is 36.1 Å². The molecule has 7 heteroatoms. The molecule has 0 unspecified atom stereocenters. The normalized spacial score (nSPS) is 10.3. The largest absolute Gasteiger partial charge is 0.459 e. The number of halogens is 1. The first-order valence-electron chi connectivity index (χ1n) is 7.12. The molecule has 2 N–H and O–H groups in total. The van der Waals surface area contributed by atoms with E-state index in [0.717, 1.165) is 11.5 Å². The molecule has 23 heavy (non-hydrogen) atoms. The first-order chi connectivity index (χ1) is 11.1. The van der Waals surface area contributed by atoms with Crippen molar-refractivity contribution in [1.29, 1.82) is 0 Å². The third-order valence-electron chi connectivity index (χ3n) is 2.93. The van der Waals surface area contributed by atoms with Crippen LogP contribution in [-0.2, 0) is 4.79 Å². The van der Waals surface area contributed by atoms with Crippen LogP contribution in [0.25, 0.3) is 0 Å². The molecular weight excluding hydrogens is 336 g/mol. The van der Waals surface area contributed by atoms with E-state index in [1.54, 1.807) is 42.1 Å². The summed E-state index contributed by atoms with van der Waals surface area (Å²) in [7, 11) is 0. The zero-order valence-corrected chi connectivity index (χ0v) is 14.2. The Balaban J connectivity index is 2.08. The van der Waals surface area contributed by atoms with Crippen LogP contribution in [0.4, 0.5) is 11.4 Å². The Labute approximate surface area is 143 Å². The van der Waals surface area contributed by atoms with Crippen molar-refractivity contribution < 1.29 is 14.0 Å². The Hall–Kier alpha value is -1.92.